The predicted octanol–water partition coefficient (Wildman–Crippen LogP) is 3.84. The van der Waals surface area contributed by atoms with Gasteiger partial charge in [-0.1, -0.05) is 13.0 Å². The molecule has 0 bridgehead atoms. The third-order valence-corrected chi connectivity index (χ3v) is 3.80. The molecule has 0 radical (unpaired) electrons. The molecule has 0 aliphatic heterocycles. The average molecular weight is 351 g/mol. The number of hydrogen-bond donors (Lipinski definition) is 1. The minimum absolute atomic E-state index is 0.802. The fraction of sp³-hybridized carbons (Fsp3) is 0.333. The summed E-state index contributed by atoms with van der Waals surface area (Å²) in [6.07, 6.45) is 2.60. The fourth-order valence-corrected chi connectivity index (χ4v) is 2.51. The lowest BCUT2D eigenvalue weighted by molar-refractivity contribution is 0.415. The maximum atomic E-state index is 5.26. The first-order valence-electron chi connectivity index (χ1n) is 6.79. The molecule has 2 rings (SSSR count). The van der Waals surface area contributed by atoms with E-state index in [-0.39, 0.29) is 0 Å². The van der Waals surface area contributed by atoms with Gasteiger partial charge in [0.1, 0.15) is 22.4 Å². The van der Waals surface area contributed by atoms with E-state index in [9.17, 15) is 0 Å². The third-order valence-electron chi connectivity index (χ3n) is 3.07. The van der Waals surface area contributed by atoms with Crippen LogP contribution in [0, 0.1) is 0 Å². The number of aromatic nitrogens is 2. The van der Waals surface area contributed by atoms with Crippen molar-refractivity contribution in [1.29, 1.82) is 0 Å². The normalized spacial score (nSPS) is 10.3. The summed E-state index contributed by atoms with van der Waals surface area (Å²) in [4.78, 5) is 10.6. The summed E-state index contributed by atoms with van der Waals surface area (Å²) in [6, 6.07) is 7.85. The van der Waals surface area contributed by atoms with Gasteiger partial charge in [-0.15, -0.1) is 0 Å². The molecule has 0 unspecified atom stereocenters. The average Bonchev–Trinajstić information content (AvgIpc) is 2.53. The van der Waals surface area contributed by atoms with Crippen LogP contribution in [0.5, 0.6) is 5.75 Å². The minimum Gasteiger partial charge on any atom is -0.497 e. The van der Waals surface area contributed by atoms with E-state index in [0.717, 1.165) is 40.5 Å². The van der Waals surface area contributed by atoms with Crippen LogP contribution in [0.25, 0.3) is 0 Å². The van der Waals surface area contributed by atoms with Gasteiger partial charge in [-0.25, -0.2) is 9.97 Å². The Morgan fingerprint density at radius 2 is 2.14 bits per heavy atom. The molecule has 1 heterocycles. The maximum absolute atomic E-state index is 5.26. The molecule has 0 saturated carbocycles. The first-order chi connectivity index (χ1) is 10.2. The molecule has 2 aromatic rings. The number of ether oxygens (including phenoxy) is 1. The highest BCUT2D eigenvalue weighted by Gasteiger charge is 2.14. The summed E-state index contributed by atoms with van der Waals surface area (Å²) < 4.78 is 6.12. The lowest BCUT2D eigenvalue weighted by Crippen LogP contribution is -2.14. The van der Waals surface area contributed by atoms with Crippen molar-refractivity contribution < 1.29 is 4.74 Å². The molecule has 0 aliphatic carbocycles. The van der Waals surface area contributed by atoms with Gasteiger partial charge in [0.05, 0.1) is 7.11 Å². The van der Waals surface area contributed by atoms with Gasteiger partial charge in [-0.3, -0.25) is 0 Å². The molecule has 0 aliphatic rings. The maximum Gasteiger partial charge on any atom is 0.152 e. The van der Waals surface area contributed by atoms with Crippen molar-refractivity contribution in [3.05, 3.63) is 35.1 Å². The molecule has 0 spiro atoms. The molecule has 1 aromatic heterocycles. The number of benzene rings is 1. The van der Waals surface area contributed by atoms with Crippen LogP contribution in [0.15, 0.2) is 35.1 Å². The van der Waals surface area contributed by atoms with Crippen LogP contribution in [-0.4, -0.2) is 30.7 Å². The van der Waals surface area contributed by atoms with Gasteiger partial charge in [0.25, 0.3) is 0 Å². The van der Waals surface area contributed by atoms with Crippen LogP contribution in [0.2, 0.25) is 0 Å². The smallest absolute Gasteiger partial charge is 0.152 e. The Labute approximate surface area is 133 Å². The summed E-state index contributed by atoms with van der Waals surface area (Å²) in [5.74, 6) is 2.42. The van der Waals surface area contributed by atoms with Crippen molar-refractivity contribution in [3.63, 3.8) is 0 Å². The number of halogens is 1. The molecule has 21 heavy (non-hydrogen) atoms. The Morgan fingerprint density at radius 3 is 2.86 bits per heavy atom. The second-order valence-corrected chi connectivity index (χ2v) is 5.34. The van der Waals surface area contributed by atoms with Crippen molar-refractivity contribution in [3.8, 4) is 5.75 Å². The zero-order valence-corrected chi connectivity index (χ0v) is 14.0. The van der Waals surface area contributed by atoms with Gasteiger partial charge in [0.2, 0.25) is 0 Å². The Morgan fingerprint density at radius 1 is 1.33 bits per heavy atom. The summed E-state index contributed by atoms with van der Waals surface area (Å²) in [6.45, 7) is 2.99. The van der Waals surface area contributed by atoms with E-state index < -0.39 is 0 Å². The molecule has 0 saturated heterocycles. The molecule has 112 valence electrons. The predicted molar refractivity (Wildman–Crippen MR) is 89.6 cm³/mol. The number of nitrogens with zero attached hydrogens (tertiary/aromatic N) is 3. The van der Waals surface area contributed by atoms with E-state index in [1.165, 1.54) is 0 Å². The molecule has 1 N–H and O–H groups in total. The lowest BCUT2D eigenvalue weighted by Gasteiger charge is -2.21. The second kappa shape index (κ2) is 7.26. The molecule has 1 aromatic carbocycles. The molecule has 0 fully saturated rings. The van der Waals surface area contributed by atoms with Crippen LogP contribution in [0.3, 0.4) is 0 Å². The van der Waals surface area contributed by atoms with E-state index in [2.05, 4.69) is 38.1 Å². The van der Waals surface area contributed by atoms with Crippen molar-refractivity contribution in [2.45, 2.75) is 13.3 Å². The van der Waals surface area contributed by atoms with E-state index in [4.69, 9.17) is 4.74 Å². The van der Waals surface area contributed by atoms with E-state index in [1.807, 2.05) is 36.2 Å². The SMILES string of the molecule is CCCNc1ncnc(N(C)c2cccc(OC)c2)c1Br. The zero-order valence-electron chi connectivity index (χ0n) is 12.4. The van der Waals surface area contributed by atoms with Gasteiger partial charge in [0.15, 0.2) is 5.82 Å². The van der Waals surface area contributed by atoms with Crippen LogP contribution in [0.4, 0.5) is 17.3 Å². The lowest BCUT2D eigenvalue weighted by atomic mass is 10.2. The quantitative estimate of drug-likeness (QED) is 0.857. The second-order valence-electron chi connectivity index (χ2n) is 4.55. The van der Waals surface area contributed by atoms with Gasteiger partial charge in [-0.05, 0) is 34.5 Å². The number of anilines is 3. The summed E-state index contributed by atoms with van der Waals surface area (Å²) >= 11 is 3.58. The molecule has 0 atom stereocenters. The van der Waals surface area contributed by atoms with Gasteiger partial charge >= 0.3 is 0 Å². The summed E-state index contributed by atoms with van der Waals surface area (Å²) in [5.41, 5.74) is 0.996. The minimum atomic E-state index is 0.802. The Kier molecular flexibility index (Phi) is 5.38. The van der Waals surface area contributed by atoms with Crippen LogP contribution in [-0.2, 0) is 0 Å². The highest BCUT2D eigenvalue weighted by Crippen LogP contribution is 2.33. The van der Waals surface area contributed by atoms with Crippen molar-refractivity contribution >= 4 is 33.3 Å². The van der Waals surface area contributed by atoms with Gasteiger partial charge in [0, 0.05) is 25.3 Å². The topological polar surface area (TPSA) is 50.3 Å². The number of rotatable bonds is 6. The van der Waals surface area contributed by atoms with E-state index >= 15 is 0 Å². The first kappa shape index (κ1) is 15.6. The standard InChI is InChI=1S/C15H19BrN4O/c1-4-8-17-14-13(16)15(19-10-18-14)20(2)11-6-5-7-12(9-11)21-3/h5-7,9-10H,4,8H2,1-3H3,(H,17,18,19). The number of methoxy groups -OCH3 is 1. The monoisotopic (exact) mass is 350 g/mol. The zero-order chi connectivity index (χ0) is 15.2. The number of nitrogens with one attached hydrogen (secondary N) is 1. The van der Waals surface area contributed by atoms with Crippen molar-refractivity contribution in [2.75, 3.05) is 30.9 Å². The largest absolute Gasteiger partial charge is 0.497 e. The van der Waals surface area contributed by atoms with Crippen molar-refractivity contribution in [2.24, 2.45) is 0 Å². The van der Waals surface area contributed by atoms with E-state index in [0.29, 0.717) is 0 Å². The molecule has 6 heteroatoms. The van der Waals surface area contributed by atoms with Crippen LogP contribution >= 0.6 is 15.9 Å². The van der Waals surface area contributed by atoms with Gasteiger partial charge in [-0.2, -0.15) is 0 Å². The first-order valence-corrected chi connectivity index (χ1v) is 7.58. The highest BCUT2D eigenvalue weighted by molar-refractivity contribution is 9.10. The summed E-state index contributed by atoms with van der Waals surface area (Å²) in [7, 11) is 3.62. The molecule has 5 nitrogen and oxygen atoms in total. The van der Waals surface area contributed by atoms with Gasteiger partial charge < -0.3 is 15.0 Å². The van der Waals surface area contributed by atoms with Crippen LogP contribution in [0.1, 0.15) is 13.3 Å². The fourth-order valence-electron chi connectivity index (χ4n) is 1.90. The molecular weight excluding hydrogens is 332 g/mol. The van der Waals surface area contributed by atoms with Crippen molar-refractivity contribution in [1.82, 2.24) is 9.97 Å². The molecule has 0 amide bonds. The Balaban J connectivity index is 2.31. The highest BCUT2D eigenvalue weighted by atomic mass is 79.9. The summed E-state index contributed by atoms with van der Waals surface area (Å²) in [5, 5.41) is 3.28. The van der Waals surface area contributed by atoms with Crippen LogP contribution < -0.4 is 15.0 Å². The molecular formula is C15H19BrN4O. The Hall–Kier alpha value is -1.82. The van der Waals surface area contributed by atoms with E-state index in [1.54, 1.807) is 13.4 Å². The third kappa shape index (κ3) is 3.64. The Bertz CT molecular complexity index is 606. The number of hydrogen-bond acceptors (Lipinski definition) is 5.